The number of hydrogen-bond donors (Lipinski definition) is 0. The van der Waals surface area contributed by atoms with Gasteiger partial charge in [0.15, 0.2) is 0 Å². The van der Waals surface area contributed by atoms with E-state index in [9.17, 15) is 4.79 Å². The summed E-state index contributed by atoms with van der Waals surface area (Å²) in [6, 6.07) is 5.54. The number of esters is 1. The molecular formula is C9H8ClIO2. The van der Waals surface area contributed by atoms with Gasteiger partial charge in [-0.05, 0) is 34.2 Å². The van der Waals surface area contributed by atoms with Gasteiger partial charge >= 0.3 is 5.97 Å². The number of carbonyl (C=O) groups excluding carboxylic acids is 1. The zero-order valence-electron chi connectivity index (χ0n) is 7.01. The van der Waals surface area contributed by atoms with Gasteiger partial charge in [-0.15, -0.1) is 11.6 Å². The summed E-state index contributed by atoms with van der Waals surface area (Å²) in [6.45, 7) is 0. The number of halogens is 2. The Kier molecular flexibility index (Phi) is 3.99. The summed E-state index contributed by atoms with van der Waals surface area (Å²) in [7, 11) is 1.36. The number of methoxy groups -OCH3 is 1. The number of alkyl halides is 1. The number of ether oxygens (including phenoxy) is 1. The van der Waals surface area contributed by atoms with Crippen LogP contribution in [0.5, 0.6) is 0 Å². The van der Waals surface area contributed by atoms with E-state index in [1.54, 1.807) is 0 Å². The van der Waals surface area contributed by atoms with Crippen LogP contribution in [0.1, 0.15) is 15.9 Å². The molecule has 0 radical (unpaired) electrons. The van der Waals surface area contributed by atoms with Crippen LogP contribution in [0.25, 0.3) is 0 Å². The molecule has 1 rings (SSSR count). The Balaban J connectivity index is 3.22. The fraction of sp³-hybridized carbons (Fsp3) is 0.222. The fourth-order valence-corrected chi connectivity index (χ4v) is 2.01. The van der Waals surface area contributed by atoms with Crippen molar-refractivity contribution in [3.63, 3.8) is 0 Å². The molecular weight excluding hydrogens is 302 g/mol. The maximum atomic E-state index is 11.3. The maximum absolute atomic E-state index is 11.3. The van der Waals surface area contributed by atoms with Crippen LogP contribution in [0.4, 0.5) is 0 Å². The van der Waals surface area contributed by atoms with Gasteiger partial charge in [-0.3, -0.25) is 0 Å². The largest absolute Gasteiger partial charge is 0.465 e. The fourth-order valence-electron chi connectivity index (χ4n) is 1.01. The maximum Gasteiger partial charge on any atom is 0.339 e. The molecule has 4 heteroatoms. The molecule has 2 nitrogen and oxygen atoms in total. The first-order chi connectivity index (χ1) is 6.20. The molecule has 0 heterocycles. The van der Waals surface area contributed by atoms with E-state index >= 15 is 0 Å². The Morgan fingerprint density at radius 2 is 2.31 bits per heavy atom. The molecule has 0 aromatic heterocycles. The predicted octanol–water partition coefficient (Wildman–Crippen LogP) is 2.82. The van der Waals surface area contributed by atoms with E-state index in [1.165, 1.54) is 7.11 Å². The van der Waals surface area contributed by atoms with Crippen LogP contribution in [-0.2, 0) is 10.6 Å². The van der Waals surface area contributed by atoms with Gasteiger partial charge in [-0.1, -0.05) is 12.1 Å². The molecule has 13 heavy (non-hydrogen) atoms. The second kappa shape index (κ2) is 4.81. The summed E-state index contributed by atoms with van der Waals surface area (Å²) < 4.78 is 5.52. The van der Waals surface area contributed by atoms with E-state index in [0.717, 1.165) is 9.13 Å². The molecule has 0 unspecified atom stereocenters. The highest BCUT2D eigenvalue weighted by atomic mass is 127. The van der Waals surface area contributed by atoms with E-state index in [2.05, 4.69) is 27.3 Å². The average Bonchev–Trinajstić information content (AvgIpc) is 2.16. The highest BCUT2D eigenvalue weighted by molar-refractivity contribution is 14.1. The van der Waals surface area contributed by atoms with Crippen LogP contribution in [0, 0.1) is 3.57 Å². The average molecular weight is 311 g/mol. The van der Waals surface area contributed by atoms with Crippen molar-refractivity contribution in [3.05, 3.63) is 32.9 Å². The normalized spacial score (nSPS) is 9.77. The van der Waals surface area contributed by atoms with Gasteiger partial charge in [0, 0.05) is 9.45 Å². The van der Waals surface area contributed by atoms with Crippen LogP contribution < -0.4 is 0 Å². The molecule has 0 saturated carbocycles. The monoisotopic (exact) mass is 310 g/mol. The van der Waals surface area contributed by atoms with Crippen molar-refractivity contribution in [2.75, 3.05) is 7.11 Å². The van der Waals surface area contributed by atoms with Crippen LogP contribution in [0.2, 0.25) is 0 Å². The van der Waals surface area contributed by atoms with Gasteiger partial charge in [0.05, 0.1) is 12.7 Å². The number of benzene rings is 1. The molecule has 1 aromatic carbocycles. The lowest BCUT2D eigenvalue weighted by Gasteiger charge is -2.06. The third-order valence-corrected chi connectivity index (χ3v) is 2.82. The second-order valence-corrected chi connectivity index (χ2v) is 3.83. The number of carbonyl (C=O) groups is 1. The number of rotatable bonds is 2. The summed E-state index contributed by atoms with van der Waals surface area (Å²) >= 11 is 7.78. The van der Waals surface area contributed by atoms with Crippen molar-refractivity contribution in [1.29, 1.82) is 0 Å². The molecule has 0 aliphatic heterocycles. The lowest BCUT2D eigenvalue weighted by molar-refractivity contribution is 0.0598. The highest BCUT2D eigenvalue weighted by Crippen LogP contribution is 2.19. The summed E-state index contributed by atoms with van der Waals surface area (Å²) in [6.07, 6.45) is 0. The first-order valence-electron chi connectivity index (χ1n) is 3.62. The Bertz CT molecular complexity index is 325. The molecule has 0 atom stereocenters. The minimum Gasteiger partial charge on any atom is -0.465 e. The van der Waals surface area contributed by atoms with E-state index in [-0.39, 0.29) is 5.97 Å². The molecule has 0 N–H and O–H groups in total. The highest BCUT2D eigenvalue weighted by Gasteiger charge is 2.14. The molecule has 0 spiro atoms. The molecule has 1 aromatic rings. The van der Waals surface area contributed by atoms with Crippen molar-refractivity contribution in [2.24, 2.45) is 0 Å². The van der Waals surface area contributed by atoms with Gasteiger partial charge < -0.3 is 4.74 Å². The predicted molar refractivity (Wildman–Crippen MR) is 60.1 cm³/mol. The van der Waals surface area contributed by atoms with Crippen LogP contribution in [0.15, 0.2) is 18.2 Å². The van der Waals surface area contributed by atoms with Crippen molar-refractivity contribution >= 4 is 40.2 Å². The Labute approximate surface area is 95.4 Å². The second-order valence-electron chi connectivity index (χ2n) is 2.40. The smallest absolute Gasteiger partial charge is 0.339 e. The molecule has 70 valence electrons. The zero-order valence-corrected chi connectivity index (χ0v) is 9.93. The van der Waals surface area contributed by atoms with Gasteiger partial charge in [0.1, 0.15) is 0 Å². The summed E-state index contributed by atoms with van der Waals surface area (Å²) in [5.74, 6) is -0.0120. The molecule has 0 bridgehead atoms. The van der Waals surface area contributed by atoms with Crippen LogP contribution in [0.3, 0.4) is 0 Å². The third-order valence-electron chi connectivity index (χ3n) is 1.63. The lowest BCUT2D eigenvalue weighted by atomic mass is 10.1. The lowest BCUT2D eigenvalue weighted by Crippen LogP contribution is -2.07. The van der Waals surface area contributed by atoms with Gasteiger partial charge in [0.25, 0.3) is 0 Å². The first kappa shape index (κ1) is 10.8. The van der Waals surface area contributed by atoms with Gasteiger partial charge in [0.2, 0.25) is 0 Å². The Morgan fingerprint density at radius 3 is 2.85 bits per heavy atom. The van der Waals surface area contributed by atoms with Crippen LogP contribution >= 0.6 is 34.2 Å². The SMILES string of the molecule is COC(=O)c1c(I)cccc1CCl. The van der Waals surface area contributed by atoms with Gasteiger partial charge in [-0.2, -0.15) is 0 Å². The first-order valence-corrected chi connectivity index (χ1v) is 5.23. The van der Waals surface area contributed by atoms with E-state index in [1.807, 2.05) is 18.2 Å². The summed E-state index contributed by atoms with van der Waals surface area (Å²) in [5.41, 5.74) is 1.38. The van der Waals surface area contributed by atoms with Crippen LogP contribution in [-0.4, -0.2) is 13.1 Å². The quantitative estimate of drug-likeness (QED) is 0.477. The summed E-state index contributed by atoms with van der Waals surface area (Å²) in [5, 5.41) is 0. The van der Waals surface area contributed by atoms with Crippen molar-refractivity contribution in [2.45, 2.75) is 5.88 Å². The standard InChI is InChI=1S/C9H8ClIO2/c1-13-9(12)8-6(5-10)3-2-4-7(8)11/h2-4H,5H2,1H3. The van der Waals surface area contributed by atoms with Crippen molar-refractivity contribution < 1.29 is 9.53 Å². The van der Waals surface area contributed by atoms with E-state index in [0.29, 0.717) is 11.4 Å². The molecule has 0 saturated heterocycles. The van der Waals surface area contributed by atoms with E-state index in [4.69, 9.17) is 11.6 Å². The summed E-state index contributed by atoms with van der Waals surface area (Å²) in [4.78, 5) is 11.3. The topological polar surface area (TPSA) is 26.3 Å². The van der Waals surface area contributed by atoms with Gasteiger partial charge in [-0.25, -0.2) is 4.79 Å². The molecule has 0 fully saturated rings. The third kappa shape index (κ3) is 2.34. The minimum absolute atomic E-state index is 0.321. The Hall–Kier alpha value is -0.290. The van der Waals surface area contributed by atoms with Crippen molar-refractivity contribution in [1.82, 2.24) is 0 Å². The molecule has 0 amide bonds. The molecule has 0 aliphatic carbocycles. The van der Waals surface area contributed by atoms with Crippen molar-refractivity contribution in [3.8, 4) is 0 Å². The zero-order chi connectivity index (χ0) is 9.84. The number of hydrogen-bond acceptors (Lipinski definition) is 2. The molecule has 0 aliphatic rings. The van der Waals surface area contributed by atoms with E-state index < -0.39 is 0 Å². The minimum atomic E-state index is -0.333. The Morgan fingerprint density at radius 1 is 1.62 bits per heavy atom.